The summed E-state index contributed by atoms with van der Waals surface area (Å²) in [6, 6.07) is 0.481. The number of carbonyl (C=O) groups is 2. The number of hydrogen-bond donors (Lipinski definition) is 1. The predicted molar refractivity (Wildman–Crippen MR) is 63.4 cm³/mol. The fourth-order valence-electron chi connectivity index (χ4n) is 1.14. The number of halogens is 3. The van der Waals surface area contributed by atoms with Crippen molar-refractivity contribution >= 4 is 11.9 Å². The fraction of sp³-hybridized carbons (Fsp3) is 0.417. The quantitative estimate of drug-likeness (QED) is 0.485. The zero-order valence-electron chi connectivity index (χ0n) is 11.4. The summed E-state index contributed by atoms with van der Waals surface area (Å²) in [5.41, 5.74) is -1.07. The van der Waals surface area contributed by atoms with E-state index in [1.54, 1.807) is 5.48 Å². The Morgan fingerprint density at radius 1 is 1.24 bits per heavy atom. The van der Waals surface area contributed by atoms with Gasteiger partial charge in [-0.05, 0) is 26.8 Å². The Labute approximate surface area is 118 Å². The van der Waals surface area contributed by atoms with E-state index >= 15 is 0 Å². The highest BCUT2D eigenvalue weighted by Gasteiger charge is 2.34. The Kier molecular flexibility index (Phi) is 4.45. The lowest BCUT2D eigenvalue weighted by Gasteiger charge is -2.16. The van der Waals surface area contributed by atoms with Crippen LogP contribution in [0.1, 0.15) is 36.7 Å². The van der Waals surface area contributed by atoms with Gasteiger partial charge in [-0.25, -0.2) is 4.79 Å². The maximum atomic E-state index is 12.5. The largest absolute Gasteiger partial charge is 0.619 e. The van der Waals surface area contributed by atoms with Crippen LogP contribution in [-0.2, 0) is 15.8 Å². The molecule has 0 fully saturated rings. The lowest BCUT2D eigenvalue weighted by atomic mass is 9.98. The van der Waals surface area contributed by atoms with Gasteiger partial charge in [0.25, 0.3) is 5.91 Å². The van der Waals surface area contributed by atoms with Crippen molar-refractivity contribution in [1.82, 2.24) is 5.48 Å². The van der Waals surface area contributed by atoms with Gasteiger partial charge in [-0.3, -0.25) is 4.79 Å². The van der Waals surface area contributed by atoms with Crippen LogP contribution >= 0.6 is 0 Å². The van der Waals surface area contributed by atoms with Crippen molar-refractivity contribution in [2.75, 3.05) is 0 Å². The minimum atomic E-state index is -4.77. The Morgan fingerprint density at radius 3 is 2.29 bits per heavy atom. The molecule has 1 rings (SSSR count). The maximum Gasteiger partial charge on any atom is 0.422 e. The highest BCUT2D eigenvalue weighted by molar-refractivity contribution is 5.94. The SMILES string of the molecule is CC(C)(C)C(=O)ONC(=O)c1cc(C(F)(F)F)c[n+]([O-])c1. The first-order chi connectivity index (χ1) is 9.41. The molecule has 0 unspecified atom stereocenters. The topological polar surface area (TPSA) is 82.3 Å². The molecule has 0 aliphatic heterocycles. The lowest BCUT2D eigenvalue weighted by Crippen LogP contribution is -2.35. The molecule has 116 valence electrons. The van der Waals surface area contributed by atoms with Gasteiger partial charge in [-0.1, -0.05) is 0 Å². The lowest BCUT2D eigenvalue weighted by molar-refractivity contribution is -0.606. The van der Waals surface area contributed by atoms with Crippen molar-refractivity contribution in [1.29, 1.82) is 0 Å². The Balaban J connectivity index is 2.89. The van der Waals surface area contributed by atoms with Gasteiger partial charge >= 0.3 is 12.1 Å². The van der Waals surface area contributed by atoms with Crippen molar-refractivity contribution in [3.05, 3.63) is 34.8 Å². The number of amides is 1. The molecule has 1 aromatic rings. The second kappa shape index (κ2) is 5.58. The number of pyridine rings is 1. The first kappa shape index (κ1) is 16.7. The predicted octanol–water partition coefficient (Wildman–Crippen LogP) is 1.57. The molecule has 0 saturated carbocycles. The minimum absolute atomic E-state index is 0.149. The maximum absolute atomic E-state index is 12.5. The average molecular weight is 306 g/mol. The molecule has 6 nitrogen and oxygen atoms in total. The van der Waals surface area contributed by atoms with Crippen molar-refractivity contribution in [2.24, 2.45) is 5.41 Å². The van der Waals surface area contributed by atoms with E-state index in [1.807, 2.05) is 0 Å². The molecule has 0 radical (unpaired) electrons. The van der Waals surface area contributed by atoms with E-state index < -0.39 is 34.6 Å². The van der Waals surface area contributed by atoms with Gasteiger partial charge in [0, 0.05) is 0 Å². The van der Waals surface area contributed by atoms with Crippen LogP contribution in [0.4, 0.5) is 13.2 Å². The summed E-state index contributed by atoms with van der Waals surface area (Å²) < 4.78 is 37.4. The minimum Gasteiger partial charge on any atom is -0.619 e. The van der Waals surface area contributed by atoms with Crippen LogP contribution in [-0.4, -0.2) is 11.9 Å². The summed E-state index contributed by atoms with van der Waals surface area (Å²) in [6.07, 6.45) is -3.85. The Hall–Kier alpha value is -2.32. The normalized spacial score (nSPS) is 11.9. The molecule has 1 aromatic heterocycles. The van der Waals surface area contributed by atoms with E-state index in [0.717, 1.165) is 0 Å². The summed E-state index contributed by atoms with van der Waals surface area (Å²) in [6.45, 7) is 4.58. The third kappa shape index (κ3) is 4.62. The highest BCUT2D eigenvalue weighted by Crippen LogP contribution is 2.28. The van der Waals surface area contributed by atoms with E-state index in [0.29, 0.717) is 12.3 Å². The second-order valence-corrected chi connectivity index (χ2v) is 5.24. The van der Waals surface area contributed by atoms with E-state index in [2.05, 4.69) is 4.84 Å². The van der Waals surface area contributed by atoms with Gasteiger partial charge < -0.3 is 10.0 Å². The molecule has 1 heterocycles. The molecule has 0 aliphatic carbocycles. The average Bonchev–Trinajstić information content (AvgIpc) is 2.32. The third-order valence-corrected chi connectivity index (χ3v) is 2.28. The highest BCUT2D eigenvalue weighted by atomic mass is 19.4. The molecule has 0 bridgehead atoms. The molecule has 0 atom stereocenters. The van der Waals surface area contributed by atoms with Gasteiger partial charge in [-0.2, -0.15) is 23.4 Å². The number of carbonyl (C=O) groups excluding carboxylic acids is 2. The number of nitrogens with one attached hydrogen (secondary N) is 1. The van der Waals surface area contributed by atoms with Gasteiger partial charge in [0.15, 0.2) is 12.4 Å². The van der Waals surface area contributed by atoms with E-state index in [1.165, 1.54) is 20.8 Å². The molecule has 1 amide bonds. The number of aromatic nitrogens is 1. The molecular weight excluding hydrogens is 293 g/mol. The van der Waals surface area contributed by atoms with E-state index in [9.17, 15) is 28.0 Å². The molecule has 21 heavy (non-hydrogen) atoms. The van der Waals surface area contributed by atoms with Crippen LogP contribution in [0, 0.1) is 10.6 Å². The van der Waals surface area contributed by atoms with Crippen LogP contribution in [0.5, 0.6) is 0 Å². The number of nitrogens with zero attached hydrogens (tertiary/aromatic N) is 1. The molecule has 0 spiro atoms. The molecule has 9 heteroatoms. The van der Waals surface area contributed by atoms with Crippen LogP contribution in [0.2, 0.25) is 0 Å². The second-order valence-electron chi connectivity index (χ2n) is 5.24. The van der Waals surface area contributed by atoms with Crippen molar-refractivity contribution in [3.63, 3.8) is 0 Å². The van der Waals surface area contributed by atoms with Gasteiger partial charge in [0.1, 0.15) is 11.1 Å². The zero-order chi connectivity index (χ0) is 16.4. The number of rotatable bonds is 1. The van der Waals surface area contributed by atoms with Crippen LogP contribution in [0.3, 0.4) is 0 Å². The summed E-state index contributed by atoms with van der Waals surface area (Å²) in [4.78, 5) is 27.5. The van der Waals surface area contributed by atoms with Gasteiger partial charge in [0.2, 0.25) is 0 Å². The third-order valence-electron chi connectivity index (χ3n) is 2.28. The summed E-state index contributed by atoms with van der Waals surface area (Å²) >= 11 is 0. The van der Waals surface area contributed by atoms with E-state index in [4.69, 9.17) is 0 Å². The fourth-order valence-corrected chi connectivity index (χ4v) is 1.14. The number of hydroxylamine groups is 1. The smallest absolute Gasteiger partial charge is 0.422 e. The van der Waals surface area contributed by atoms with E-state index in [-0.39, 0.29) is 10.9 Å². The van der Waals surface area contributed by atoms with Crippen molar-refractivity contribution in [2.45, 2.75) is 26.9 Å². The first-order valence-corrected chi connectivity index (χ1v) is 5.74. The summed E-state index contributed by atoms with van der Waals surface area (Å²) in [5.74, 6) is -1.92. The van der Waals surface area contributed by atoms with Crippen LogP contribution in [0.15, 0.2) is 18.5 Å². The van der Waals surface area contributed by atoms with Crippen molar-refractivity contribution in [3.8, 4) is 0 Å². The van der Waals surface area contributed by atoms with Gasteiger partial charge in [0.05, 0.1) is 5.41 Å². The molecule has 1 N–H and O–H groups in total. The molecule has 0 aromatic carbocycles. The summed E-state index contributed by atoms with van der Waals surface area (Å²) in [7, 11) is 0. The standard InChI is InChI=1S/C12H13F3N2O4/c1-11(2,3)10(19)21-16-9(18)7-4-8(12(13,14)15)6-17(20)5-7/h4-6H,1-3H3,(H,16,18). The first-order valence-electron chi connectivity index (χ1n) is 5.74. The molecule has 0 saturated heterocycles. The number of alkyl halides is 3. The molecule has 0 aliphatic rings. The summed E-state index contributed by atoms with van der Waals surface area (Å²) in [5, 5.41) is 11.1. The zero-order valence-corrected chi connectivity index (χ0v) is 11.4. The van der Waals surface area contributed by atoms with Gasteiger partial charge in [-0.15, -0.1) is 0 Å². The van der Waals surface area contributed by atoms with Crippen LogP contribution in [0.25, 0.3) is 0 Å². The number of hydrogen-bond acceptors (Lipinski definition) is 4. The molecular formula is C12H13F3N2O4. The monoisotopic (exact) mass is 306 g/mol. The Morgan fingerprint density at radius 2 is 1.81 bits per heavy atom. The van der Waals surface area contributed by atoms with Crippen molar-refractivity contribution < 1.29 is 32.3 Å². The Bertz CT molecular complexity index is 565. The van der Waals surface area contributed by atoms with Crippen LogP contribution < -0.4 is 10.2 Å².